The Morgan fingerprint density at radius 2 is 1.44 bits per heavy atom. The molecule has 3 aromatic carbocycles. The van der Waals surface area contributed by atoms with Crippen molar-refractivity contribution in [3.63, 3.8) is 0 Å². The number of aromatic nitrogens is 3. The summed E-state index contributed by atoms with van der Waals surface area (Å²) in [5, 5.41) is 8.94. The van der Waals surface area contributed by atoms with Crippen LogP contribution in [0.15, 0.2) is 78.9 Å². The zero-order chi connectivity index (χ0) is 21.9. The highest BCUT2D eigenvalue weighted by molar-refractivity contribution is 5.67. The number of benzene rings is 3. The largest absolute Gasteiger partial charge is 0.304 e. The lowest BCUT2D eigenvalue weighted by Crippen LogP contribution is -2.44. The van der Waals surface area contributed by atoms with Gasteiger partial charge in [0.15, 0.2) is 0 Å². The second-order valence-electron chi connectivity index (χ2n) is 8.27. The van der Waals surface area contributed by atoms with Gasteiger partial charge in [0, 0.05) is 38.3 Å². The zero-order valence-corrected chi connectivity index (χ0v) is 18.2. The summed E-state index contributed by atoms with van der Waals surface area (Å²) in [4.78, 5) is 4.68. The smallest absolute Gasteiger partial charge is 0.132 e. The van der Waals surface area contributed by atoms with Crippen LogP contribution in [0, 0.1) is 5.82 Å². The zero-order valence-electron chi connectivity index (χ0n) is 18.2. The quantitative estimate of drug-likeness (QED) is 0.470. The van der Waals surface area contributed by atoms with E-state index in [0.717, 1.165) is 54.4 Å². The van der Waals surface area contributed by atoms with Crippen molar-refractivity contribution in [2.24, 2.45) is 0 Å². The van der Waals surface area contributed by atoms with E-state index in [1.807, 2.05) is 36.4 Å². The first-order valence-electron chi connectivity index (χ1n) is 11.0. The fraction of sp³-hybridized carbons (Fsp3) is 0.231. The summed E-state index contributed by atoms with van der Waals surface area (Å²) in [6.45, 7) is 4.62. The second-order valence-corrected chi connectivity index (χ2v) is 8.27. The first-order chi connectivity index (χ1) is 15.7. The first-order valence-corrected chi connectivity index (χ1v) is 11.0. The Kier molecular flexibility index (Phi) is 5.79. The molecule has 162 valence electrons. The topological polar surface area (TPSA) is 37.2 Å². The van der Waals surface area contributed by atoms with Crippen molar-refractivity contribution in [1.82, 2.24) is 24.8 Å². The van der Waals surface area contributed by atoms with Crippen LogP contribution in [0.4, 0.5) is 4.39 Å². The lowest BCUT2D eigenvalue weighted by molar-refractivity contribution is 0.147. The van der Waals surface area contributed by atoms with Gasteiger partial charge in [0.05, 0.1) is 5.69 Å². The summed E-state index contributed by atoms with van der Waals surface area (Å²) in [7, 11) is 2.14. The van der Waals surface area contributed by atoms with E-state index in [2.05, 4.69) is 51.4 Å². The number of likely N-dealkylation sites (N-methyl/N-ethyl adjacent to an activating group) is 1. The fourth-order valence-electron chi connectivity index (χ4n) is 4.17. The standard InChI is InChI=1S/C26H26FN5/c1-30-15-17-31(18-16-30)19-25-26(23-9-5-6-10-24(23)27)32(29-28-25)22-13-11-21(12-14-22)20-7-3-2-4-8-20/h2-14H,15-19H2,1H3. The Balaban J connectivity index is 1.52. The molecule has 1 fully saturated rings. The van der Waals surface area contributed by atoms with Crippen LogP contribution in [-0.4, -0.2) is 58.0 Å². The van der Waals surface area contributed by atoms with Gasteiger partial charge in [0.25, 0.3) is 0 Å². The van der Waals surface area contributed by atoms with E-state index < -0.39 is 0 Å². The van der Waals surface area contributed by atoms with Crippen LogP contribution in [0.2, 0.25) is 0 Å². The molecule has 1 saturated heterocycles. The highest BCUT2D eigenvalue weighted by Crippen LogP contribution is 2.29. The molecule has 32 heavy (non-hydrogen) atoms. The van der Waals surface area contributed by atoms with Gasteiger partial charge in [-0.05, 0) is 42.4 Å². The Bertz CT molecular complexity index is 1180. The van der Waals surface area contributed by atoms with E-state index in [4.69, 9.17) is 0 Å². The van der Waals surface area contributed by atoms with Gasteiger partial charge in [-0.25, -0.2) is 9.07 Å². The van der Waals surface area contributed by atoms with Crippen LogP contribution >= 0.6 is 0 Å². The summed E-state index contributed by atoms with van der Waals surface area (Å²) in [6.07, 6.45) is 0. The normalized spacial score (nSPS) is 15.2. The van der Waals surface area contributed by atoms with Crippen LogP contribution in [0.1, 0.15) is 5.69 Å². The number of rotatable bonds is 5. The third-order valence-corrected chi connectivity index (χ3v) is 6.06. The Hall–Kier alpha value is -3.35. The molecule has 1 aromatic heterocycles. The van der Waals surface area contributed by atoms with Crippen LogP contribution < -0.4 is 0 Å². The molecule has 1 aliphatic rings. The maximum absolute atomic E-state index is 14.9. The van der Waals surface area contributed by atoms with Crippen LogP contribution in [-0.2, 0) is 6.54 Å². The van der Waals surface area contributed by atoms with Crippen molar-refractivity contribution in [3.05, 3.63) is 90.4 Å². The molecule has 2 heterocycles. The molecule has 0 saturated carbocycles. The van der Waals surface area contributed by atoms with Gasteiger partial charge in [-0.2, -0.15) is 0 Å². The van der Waals surface area contributed by atoms with E-state index in [9.17, 15) is 4.39 Å². The molecule has 6 heteroatoms. The molecule has 0 aliphatic carbocycles. The molecule has 0 N–H and O–H groups in total. The van der Waals surface area contributed by atoms with Crippen LogP contribution in [0.5, 0.6) is 0 Å². The van der Waals surface area contributed by atoms with Gasteiger partial charge in [-0.1, -0.05) is 59.8 Å². The van der Waals surface area contributed by atoms with E-state index in [0.29, 0.717) is 12.1 Å². The van der Waals surface area contributed by atoms with Crippen molar-refractivity contribution in [2.75, 3.05) is 33.2 Å². The maximum Gasteiger partial charge on any atom is 0.132 e. The highest BCUT2D eigenvalue weighted by atomic mass is 19.1. The Labute approximate surface area is 187 Å². The number of nitrogens with zero attached hydrogens (tertiary/aromatic N) is 5. The van der Waals surface area contributed by atoms with Gasteiger partial charge in [0.2, 0.25) is 0 Å². The Morgan fingerprint density at radius 1 is 0.781 bits per heavy atom. The average molecular weight is 428 g/mol. The lowest BCUT2D eigenvalue weighted by atomic mass is 10.1. The molecule has 0 unspecified atom stereocenters. The maximum atomic E-state index is 14.9. The predicted molar refractivity (Wildman–Crippen MR) is 125 cm³/mol. The summed E-state index contributed by atoms with van der Waals surface area (Å²) in [5.74, 6) is -0.267. The molecule has 0 spiro atoms. The molecule has 0 amide bonds. The Morgan fingerprint density at radius 3 is 2.16 bits per heavy atom. The van der Waals surface area contributed by atoms with Gasteiger partial charge in [-0.15, -0.1) is 5.10 Å². The molecule has 0 atom stereocenters. The van der Waals surface area contributed by atoms with Gasteiger partial charge >= 0.3 is 0 Å². The van der Waals surface area contributed by atoms with Gasteiger partial charge in [0.1, 0.15) is 17.2 Å². The molecule has 0 bridgehead atoms. The van der Waals surface area contributed by atoms with Crippen LogP contribution in [0.3, 0.4) is 0 Å². The molecular formula is C26H26FN5. The van der Waals surface area contributed by atoms with Crippen molar-refractivity contribution in [2.45, 2.75) is 6.54 Å². The number of piperazine rings is 1. The fourth-order valence-corrected chi connectivity index (χ4v) is 4.17. The lowest BCUT2D eigenvalue weighted by Gasteiger charge is -2.31. The summed E-state index contributed by atoms with van der Waals surface area (Å²) >= 11 is 0. The summed E-state index contributed by atoms with van der Waals surface area (Å²) < 4.78 is 16.6. The molecular weight excluding hydrogens is 401 g/mol. The van der Waals surface area contributed by atoms with E-state index in [-0.39, 0.29) is 5.82 Å². The van der Waals surface area contributed by atoms with E-state index >= 15 is 0 Å². The first kappa shape index (κ1) is 20.5. The summed E-state index contributed by atoms with van der Waals surface area (Å²) in [5.41, 5.74) is 5.18. The molecule has 0 radical (unpaired) electrons. The molecule has 5 rings (SSSR count). The number of halogens is 1. The van der Waals surface area contributed by atoms with Crippen LogP contribution in [0.25, 0.3) is 28.1 Å². The molecule has 5 nitrogen and oxygen atoms in total. The van der Waals surface area contributed by atoms with Crippen molar-refractivity contribution in [3.8, 4) is 28.1 Å². The van der Waals surface area contributed by atoms with Crippen molar-refractivity contribution in [1.29, 1.82) is 0 Å². The molecule has 4 aromatic rings. The SMILES string of the molecule is CN1CCN(Cc2nnn(-c3ccc(-c4ccccc4)cc3)c2-c2ccccc2F)CC1. The minimum absolute atomic E-state index is 0.267. The molecule has 1 aliphatic heterocycles. The van der Waals surface area contributed by atoms with Gasteiger partial charge in [-0.3, -0.25) is 4.90 Å². The third-order valence-electron chi connectivity index (χ3n) is 6.06. The number of hydrogen-bond acceptors (Lipinski definition) is 4. The summed E-state index contributed by atoms with van der Waals surface area (Å²) in [6, 6.07) is 25.3. The number of hydrogen-bond donors (Lipinski definition) is 0. The third kappa shape index (κ3) is 4.20. The highest BCUT2D eigenvalue weighted by Gasteiger charge is 2.22. The van der Waals surface area contributed by atoms with E-state index in [1.165, 1.54) is 6.07 Å². The van der Waals surface area contributed by atoms with Crippen molar-refractivity contribution < 1.29 is 4.39 Å². The average Bonchev–Trinajstić information content (AvgIpc) is 3.25. The minimum atomic E-state index is -0.267. The van der Waals surface area contributed by atoms with Gasteiger partial charge < -0.3 is 4.90 Å². The van der Waals surface area contributed by atoms with Crippen molar-refractivity contribution >= 4 is 0 Å². The monoisotopic (exact) mass is 427 g/mol. The predicted octanol–water partition coefficient (Wildman–Crippen LogP) is 4.49. The van der Waals surface area contributed by atoms with E-state index in [1.54, 1.807) is 16.8 Å². The minimum Gasteiger partial charge on any atom is -0.304 e. The second kappa shape index (κ2) is 9.02.